The van der Waals surface area contributed by atoms with Gasteiger partial charge in [-0.3, -0.25) is 4.79 Å². The van der Waals surface area contributed by atoms with Crippen LogP contribution in [-0.4, -0.2) is 31.8 Å². The lowest BCUT2D eigenvalue weighted by molar-refractivity contribution is -0.116. The largest absolute Gasteiger partial charge is 0.492 e. The maximum Gasteiger partial charge on any atom is 0.246 e. The molecule has 2 N–H and O–H groups in total. The molecule has 6 heteroatoms. The summed E-state index contributed by atoms with van der Waals surface area (Å²) in [5, 5.41) is 6.07. The van der Waals surface area contributed by atoms with Gasteiger partial charge in [-0.25, -0.2) is 0 Å². The van der Waals surface area contributed by atoms with Crippen LogP contribution in [0.25, 0.3) is 0 Å². The first-order valence-electron chi connectivity index (χ1n) is 8.36. The number of hydrogen-bond donors (Lipinski definition) is 2. The fraction of sp³-hybridized carbons (Fsp3) is 0.316. The predicted molar refractivity (Wildman–Crippen MR) is 96.8 cm³/mol. The summed E-state index contributed by atoms with van der Waals surface area (Å²) in [6.07, 6.45) is 0. The maximum atomic E-state index is 12.5. The number of nitrogens with one attached hydrogen (secondary N) is 2. The molecule has 132 valence electrons. The van der Waals surface area contributed by atoms with Crippen LogP contribution in [0.15, 0.2) is 42.5 Å². The van der Waals surface area contributed by atoms with Gasteiger partial charge in [-0.05, 0) is 38.1 Å². The summed E-state index contributed by atoms with van der Waals surface area (Å²) in [7, 11) is 0. The van der Waals surface area contributed by atoms with Crippen molar-refractivity contribution in [2.75, 3.05) is 30.5 Å². The minimum Gasteiger partial charge on any atom is -0.492 e. The Morgan fingerprint density at radius 2 is 1.92 bits per heavy atom. The van der Waals surface area contributed by atoms with Gasteiger partial charge in [-0.15, -0.1) is 0 Å². The summed E-state index contributed by atoms with van der Waals surface area (Å²) >= 11 is 0. The third kappa shape index (κ3) is 4.15. The highest BCUT2D eigenvalue weighted by atomic mass is 16.6. The first-order valence-corrected chi connectivity index (χ1v) is 8.36. The highest BCUT2D eigenvalue weighted by Crippen LogP contribution is 2.32. The van der Waals surface area contributed by atoms with Gasteiger partial charge in [-0.2, -0.15) is 0 Å². The van der Waals surface area contributed by atoms with E-state index in [1.807, 2.05) is 49.4 Å². The van der Waals surface area contributed by atoms with E-state index in [9.17, 15) is 4.79 Å². The van der Waals surface area contributed by atoms with Gasteiger partial charge in [0.2, 0.25) is 5.91 Å². The smallest absolute Gasteiger partial charge is 0.246 e. The van der Waals surface area contributed by atoms with Crippen molar-refractivity contribution >= 4 is 17.3 Å². The van der Waals surface area contributed by atoms with Crippen molar-refractivity contribution in [1.29, 1.82) is 0 Å². The molecule has 6 nitrogen and oxygen atoms in total. The molecule has 1 amide bonds. The van der Waals surface area contributed by atoms with Crippen LogP contribution < -0.4 is 24.8 Å². The topological polar surface area (TPSA) is 68.8 Å². The fourth-order valence-corrected chi connectivity index (χ4v) is 2.54. The lowest BCUT2D eigenvalue weighted by atomic mass is 10.2. The second kappa shape index (κ2) is 7.79. The van der Waals surface area contributed by atoms with Crippen LogP contribution in [-0.2, 0) is 4.79 Å². The minimum absolute atomic E-state index is 0.151. The molecule has 1 unspecified atom stereocenters. The normalized spacial score (nSPS) is 13.7. The van der Waals surface area contributed by atoms with Gasteiger partial charge in [0.05, 0.1) is 12.3 Å². The highest BCUT2D eigenvalue weighted by Gasteiger charge is 2.17. The van der Waals surface area contributed by atoms with Crippen LogP contribution in [0.2, 0.25) is 0 Å². The summed E-state index contributed by atoms with van der Waals surface area (Å²) in [6.45, 7) is 5.33. The Morgan fingerprint density at radius 3 is 2.72 bits per heavy atom. The van der Waals surface area contributed by atoms with E-state index in [1.54, 1.807) is 6.92 Å². The van der Waals surface area contributed by atoms with Gasteiger partial charge in [-0.1, -0.05) is 12.1 Å². The monoisotopic (exact) mass is 342 g/mol. The zero-order valence-electron chi connectivity index (χ0n) is 14.4. The number of hydrogen-bond acceptors (Lipinski definition) is 5. The van der Waals surface area contributed by atoms with E-state index in [1.165, 1.54) is 0 Å². The van der Waals surface area contributed by atoms with E-state index in [0.717, 1.165) is 11.4 Å². The Hall–Kier alpha value is -2.89. The zero-order valence-corrected chi connectivity index (χ0v) is 14.4. The number of anilines is 2. The van der Waals surface area contributed by atoms with Gasteiger partial charge in [0.25, 0.3) is 0 Å². The van der Waals surface area contributed by atoms with Crippen molar-refractivity contribution in [2.24, 2.45) is 0 Å². The van der Waals surface area contributed by atoms with E-state index in [4.69, 9.17) is 14.2 Å². The van der Waals surface area contributed by atoms with Crippen molar-refractivity contribution in [2.45, 2.75) is 19.9 Å². The van der Waals surface area contributed by atoms with E-state index in [0.29, 0.717) is 37.0 Å². The van der Waals surface area contributed by atoms with Crippen molar-refractivity contribution in [3.63, 3.8) is 0 Å². The van der Waals surface area contributed by atoms with Crippen LogP contribution in [0.3, 0.4) is 0 Å². The quantitative estimate of drug-likeness (QED) is 0.843. The van der Waals surface area contributed by atoms with Crippen molar-refractivity contribution in [3.8, 4) is 17.2 Å². The number of fused-ring (bicyclic) bond motifs is 1. The minimum atomic E-state index is -0.433. The van der Waals surface area contributed by atoms with Crippen molar-refractivity contribution in [3.05, 3.63) is 42.5 Å². The number of para-hydroxylation sites is 2. The van der Waals surface area contributed by atoms with Gasteiger partial charge in [0, 0.05) is 11.8 Å². The maximum absolute atomic E-state index is 12.5. The molecule has 3 rings (SSSR count). The Kier molecular flexibility index (Phi) is 5.28. The molecule has 2 aromatic rings. The Morgan fingerprint density at radius 1 is 1.16 bits per heavy atom. The summed E-state index contributed by atoms with van der Waals surface area (Å²) < 4.78 is 16.6. The molecule has 1 atom stereocenters. The molecule has 1 aliphatic heterocycles. The average molecular weight is 342 g/mol. The molecule has 0 fully saturated rings. The molecule has 0 saturated heterocycles. The number of carbonyl (C=O) groups excluding carboxylic acids is 1. The first-order chi connectivity index (χ1) is 12.2. The predicted octanol–water partition coefficient (Wildman–Crippen LogP) is 3.30. The summed E-state index contributed by atoms with van der Waals surface area (Å²) in [6, 6.07) is 12.5. The van der Waals surface area contributed by atoms with Crippen LogP contribution in [0.5, 0.6) is 17.2 Å². The number of rotatable bonds is 6. The third-order valence-corrected chi connectivity index (χ3v) is 3.76. The van der Waals surface area contributed by atoms with Crippen LogP contribution in [0.1, 0.15) is 13.8 Å². The standard InChI is InChI=1S/C19H22N2O4/c1-3-23-16-7-5-4-6-15(16)21-19(22)13(2)20-14-8-9-17-18(12-14)25-11-10-24-17/h4-9,12-13,20H,3,10-11H2,1-2H3,(H,21,22). The summed E-state index contributed by atoms with van der Waals surface area (Å²) in [5.74, 6) is 1.91. The second-order valence-electron chi connectivity index (χ2n) is 5.64. The Balaban J connectivity index is 1.65. The number of benzene rings is 2. The SMILES string of the molecule is CCOc1ccccc1NC(=O)C(C)Nc1ccc2c(c1)OCCO2. The molecule has 0 bridgehead atoms. The van der Waals surface area contributed by atoms with Gasteiger partial charge in [0.1, 0.15) is 25.0 Å². The molecule has 0 aliphatic carbocycles. The molecule has 0 radical (unpaired) electrons. The molecule has 1 aliphatic rings. The lowest BCUT2D eigenvalue weighted by Crippen LogP contribution is -2.32. The number of amides is 1. The van der Waals surface area contributed by atoms with Crippen molar-refractivity contribution in [1.82, 2.24) is 0 Å². The van der Waals surface area contributed by atoms with Crippen LogP contribution in [0.4, 0.5) is 11.4 Å². The molecular weight excluding hydrogens is 320 g/mol. The van der Waals surface area contributed by atoms with E-state index < -0.39 is 6.04 Å². The van der Waals surface area contributed by atoms with E-state index >= 15 is 0 Å². The van der Waals surface area contributed by atoms with Gasteiger partial charge in [0.15, 0.2) is 11.5 Å². The summed E-state index contributed by atoms with van der Waals surface area (Å²) in [4.78, 5) is 12.5. The third-order valence-electron chi connectivity index (χ3n) is 3.76. The molecule has 0 spiro atoms. The number of ether oxygens (including phenoxy) is 3. The van der Waals surface area contributed by atoms with Crippen molar-refractivity contribution < 1.29 is 19.0 Å². The average Bonchev–Trinajstić information content (AvgIpc) is 2.63. The van der Waals surface area contributed by atoms with E-state index in [2.05, 4.69) is 10.6 Å². The molecule has 0 aromatic heterocycles. The van der Waals surface area contributed by atoms with Crippen LogP contribution >= 0.6 is 0 Å². The first kappa shape index (κ1) is 17.0. The lowest BCUT2D eigenvalue weighted by Gasteiger charge is -2.21. The number of carbonyl (C=O) groups is 1. The molecular formula is C19H22N2O4. The van der Waals surface area contributed by atoms with E-state index in [-0.39, 0.29) is 5.91 Å². The summed E-state index contributed by atoms with van der Waals surface area (Å²) in [5.41, 5.74) is 1.45. The molecule has 25 heavy (non-hydrogen) atoms. The highest BCUT2D eigenvalue weighted by molar-refractivity contribution is 5.97. The molecule has 0 saturated carbocycles. The van der Waals surface area contributed by atoms with Gasteiger partial charge >= 0.3 is 0 Å². The Bertz CT molecular complexity index is 748. The molecule has 2 aromatic carbocycles. The fourth-order valence-electron chi connectivity index (χ4n) is 2.54. The van der Waals surface area contributed by atoms with Crippen LogP contribution in [0, 0.1) is 0 Å². The van der Waals surface area contributed by atoms with Gasteiger partial charge < -0.3 is 24.8 Å². The Labute approximate surface area is 147 Å². The zero-order chi connectivity index (χ0) is 17.6. The second-order valence-corrected chi connectivity index (χ2v) is 5.64. The molecule has 1 heterocycles.